The summed E-state index contributed by atoms with van der Waals surface area (Å²) in [5.41, 5.74) is 3.73. The highest BCUT2D eigenvalue weighted by molar-refractivity contribution is 6.30. The third-order valence-corrected chi connectivity index (χ3v) is 6.19. The number of halogens is 1. The number of aryl methyl sites for hydroxylation is 1. The highest BCUT2D eigenvalue weighted by Crippen LogP contribution is 2.29. The van der Waals surface area contributed by atoms with Gasteiger partial charge in [0.1, 0.15) is 6.33 Å². The van der Waals surface area contributed by atoms with E-state index in [2.05, 4.69) is 20.8 Å². The number of carbonyl (C=O) groups excluding carboxylic acids is 2. The maximum atomic E-state index is 13.1. The van der Waals surface area contributed by atoms with Crippen LogP contribution in [0.25, 0.3) is 5.69 Å². The molecule has 1 aromatic heterocycles. The van der Waals surface area contributed by atoms with E-state index in [4.69, 9.17) is 11.6 Å². The predicted molar refractivity (Wildman–Crippen MR) is 127 cm³/mol. The molecule has 1 saturated carbocycles. The molecule has 0 spiro atoms. The lowest BCUT2D eigenvalue weighted by Crippen LogP contribution is -2.40. The number of nitrogens with zero attached hydrogens (tertiary/aromatic N) is 5. The van der Waals surface area contributed by atoms with Crippen LogP contribution in [0, 0.1) is 6.92 Å². The van der Waals surface area contributed by atoms with Crippen LogP contribution >= 0.6 is 11.6 Å². The zero-order chi connectivity index (χ0) is 23.4. The van der Waals surface area contributed by atoms with Crippen molar-refractivity contribution in [1.29, 1.82) is 0 Å². The Kier molecular flexibility index (Phi) is 7.03. The summed E-state index contributed by atoms with van der Waals surface area (Å²) in [6.45, 7) is 3.78. The molecule has 172 valence electrons. The quantitative estimate of drug-likeness (QED) is 0.586. The second-order valence-corrected chi connectivity index (χ2v) is 8.88. The van der Waals surface area contributed by atoms with Crippen LogP contribution in [0.2, 0.25) is 5.02 Å². The topological polar surface area (TPSA) is 93.0 Å². The van der Waals surface area contributed by atoms with Crippen molar-refractivity contribution in [2.45, 2.75) is 58.5 Å². The van der Waals surface area contributed by atoms with Crippen molar-refractivity contribution in [1.82, 2.24) is 25.5 Å². The molecule has 1 N–H and O–H groups in total. The molecule has 0 bridgehead atoms. The summed E-state index contributed by atoms with van der Waals surface area (Å²) < 4.78 is 1.53. The maximum Gasteiger partial charge on any atom is 0.251 e. The molecule has 0 atom stereocenters. The molecular weight excluding hydrogens is 440 g/mol. The van der Waals surface area contributed by atoms with Gasteiger partial charge in [0.25, 0.3) is 5.91 Å². The van der Waals surface area contributed by atoms with Crippen LogP contribution in [0.1, 0.15) is 60.5 Å². The van der Waals surface area contributed by atoms with Crippen molar-refractivity contribution < 1.29 is 9.59 Å². The summed E-state index contributed by atoms with van der Waals surface area (Å²) in [7, 11) is 0. The van der Waals surface area contributed by atoms with Gasteiger partial charge in [-0.05, 0) is 77.7 Å². The molecule has 0 aliphatic heterocycles. The number of tetrazole rings is 1. The van der Waals surface area contributed by atoms with Crippen LogP contribution < -0.4 is 10.2 Å². The van der Waals surface area contributed by atoms with Crippen molar-refractivity contribution >= 4 is 29.1 Å². The van der Waals surface area contributed by atoms with Gasteiger partial charge in [0, 0.05) is 35.8 Å². The van der Waals surface area contributed by atoms with Gasteiger partial charge in [0.2, 0.25) is 5.91 Å². The lowest BCUT2D eigenvalue weighted by Gasteiger charge is -2.34. The molecule has 8 nitrogen and oxygen atoms in total. The van der Waals surface area contributed by atoms with E-state index in [1.807, 2.05) is 24.0 Å². The fourth-order valence-electron chi connectivity index (χ4n) is 4.49. The van der Waals surface area contributed by atoms with Gasteiger partial charge in [0.15, 0.2) is 0 Å². The highest BCUT2D eigenvalue weighted by Gasteiger charge is 2.25. The molecule has 33 heavy (non-hydrogen) atoms. The first kappa shape index (κ1) is 22.9. The minimum atomic E-state index is -0.227. The number of nitrogens with one attached hydrogen (secondary N) is 1. The molecule has 3 aromatic rings. The Morgan fingerprint density at radius 3 is 2.64 bits per heavy atom. The molecule has 0 saturated heterocycles. The Morgan fingerprint density at radius 1 is 1.15 bits per heavy atom. The van der Waals surface area contributed by atoms with Gasteiger partial charge in [-0.3, -0.25) is 9.59 Å². The Hall–Kier alpha value is -3.26. The smallest absolute Gasteiger partial charge is 0.251 e. The molecule has 1 heterocycles. The minimum Gasteiger partial charge on any atom is -0.348 e. The highest BCUT2D eigenvalue weighted by atomic mass is 35.5. The van der Waals surface area contributed by atoms with Crippen LogP contribution in [0.15, 0.2) is 42.7 Å². The first-order valence-corrected chi connectivity index (χ1v) is 11.5. The third kappa shape index (κ3) is 5.39. The summed E-state index contributed by atoms with van der Waals surface area (Å²) >= 11 is 6.18. The van der Waals surface area contributed by atoms with Gasteiger partial charge in [0.05, 0.1) is 5.69 Å². The Bertz CT molecular complexity index is 1140. The Morgan fingerprint density at radius 2 is 1.94 bits per heavy atom. The molecule has 1 fully saturated rings. The zero-order valence-electron chi connectivity index (χ0n) is 18.8. The summed E-state index contributed by atoms with van der Waals surface area (Å²) in [5, 5.41) is 14.8. The van der Waals surface area contributed by atoms with Gasteiger partial charge in [-0.15, -0.1) is 5.10 Å². The van der Waals surface area contributed by atoms with E-state index in [0.717, 1.165) is 48.2 Å². The van der Waals surface area contributed by atoms with Gasteiger partial charge >= 0.3 is 0 Å². The zero-order valence-corrected chi connectivity index (χ0v) is 19.5. The van der Waals surface area contributed by atoms with E-state index in [0.29, 0.717) is 10.6 Å². The van der Waals surface area contributed by atoms with E-state index in [-0.39, 0.29) is 24.4 Å². The third-order valence-electron chi connectivity index (χ3n) is 5.96. The molecular formula is C24H27ClN6O2. The van der Waals surface area contributed by atoms with Gasteiger partial charge in [-0.1, -0.05) is 30.9 Å². The molecule has 4 rings (SSSR count). The minimum absolute atomic E-state index is 0.00358. The first-order chi connectivity index (χ1) is 15.9. The Labute approximate surface area is 197 Å². The van der Waals surface area contributed by atoms with Crippen LogP contribution in [0.3, 0.4) is 0 Å². The van der Waals surface area contributed by atoms with Crippen molar-refractivity contribution in [3.63, 3.8) is 0 Å². The number of anilines is 1. The second-order valence-electron chi connectivity index (χ2n) is 8.45. The number of rotatable bonds is 6. The summed E-state index contributed by atoms with van der Waals surface area (Å²) in [5.74, 6) is -0.224. The van der Waals surface area contributed by atoms with Crippen LogP contribution in [0.5, 0.6) is 0 Å². The van der Waals surface area contributed by atoms with E-state index in [1.165, 1.54) is 17.4 Å². The van der Waals surface area contributed by atoms with Gasteiger partial charge < -0.3 is 10.2 Å². The van der Waals surface area contributed by atoms with Crippen molar-refractivity contribution in [3.05, 3.63) is 64.4 Å². The maximum absolute atomic E-state index is 13.1. The van der Waals surface area contributed by atoms with Crippen molar-refractivity contribution in [2.24, 2.45) is 0 Å². The van der Waals surface area contributed by atoms with E-state index < -0.39 is 0 Å². The monoisotopic (exact) mass is 466 g/mol. The fraction of sp³-hybridized carbons (Fsp3) is 0.375. The number of hydrogen-bond acceptors (Lipinski definition) is 5. The molecule has 2 amide bonds. The largest absolute Gasteiger partial charge is 0.348 e. The number of benzene rings is 2. The normalized spacial score (nSPS) is 14.2. The summed E-state index contributed by atoms with van der Waals surface area (Å²) in [6, 6.07) is 11.1. The number of aromatic nitrogens is 4. The second kappa shape index (κ2) is 10.1. The molecule has 2 aromatic carbocycles. The Balaban J connectivity index is 1.56. The van der Waals surface area contributed by atoms with E-state index in [9.17, 15) is 9.59 Å². The predicted octanol–water partition coefficient (Wildman–Crippen LogP) is 4.24. The molecule has 1 aliphatic rings. The van der Waals surface area contributed by atoms with E-state index in [1.54, 1.807) is 31.2 Å². The van der Waals surface area contributed by atoms with Crippen LogP contribution in [0.4, 0.5) is 5.69 Å². The van der Waals surface area contributed by atoms with E-state index >= 15 is 0 Å². The molecule has 9 heteroatoms. The average Bonchev–Trinajstić information content (AvgIpc) is 3.32. The summed E-state index contributed by atoms with van der Waals surface area (Å²) in [4.78, 5) is 27.5. The lowest BCUT2D eigenvalue weighted by atomic mass is 9.93. The number of amides is 2. The molecule has 0 radical (unpaired) electrons. The number of hydrogen-bond donors (Lipinski definition) is 1. The SMILES string of the molecule is CC(=O)N(c1cc(C)cc(C(=O)NCc2cc(Cl)ccc2-n2cnnn2)c1)C1CCCCC1. The summed E-state index contributed by atoms with van der Waals surface area (Å²) in [6.07, 6.45) is 6.92. The van der Waals surface area contributed by atoms with Crippen LogP contribution in [-0.4, -0.2) is 38.1 Å². The average molecular weight is 467 g/mol. The van der Waals surface area contributed by atoms with Crippen LogP contribution in [-0.2, 0) is 11.3 Å². The van der Waals surface area contributed by atoms with Gasteiger partial charge in [-0.2, -0.15) is 0 Å². The van der Waals surface area contributed by atoms with Crippen molar-refractivity contribution in [3.8, 4) is 5.69 Å². The standard InChI is InChI=1S/C24H27ClN6O2/c1-16-10-18(13-22(11-16)31(17(2)32)21-6-4-3-5-7-21)24(33)26-14-19-12-20(25)8-9-23(19)30-15-27-28-29-30/h8-13,15,21H,3-7,14H2,1-2H3,(H,26,33). The molecule has 1 aliphatic carbocycles. The van der Waals surface area contributed by atoms with Crippen molar-refractivity contribution in [2.75, 3.05) is 4.90 Å². The van der Waals surface area contributed by atoms with Gasteiger partial charge in [-0.25, -0.2) is 4.68 Å². The fourth-order valence-corrected chi connectivity index (χ4v) is 4.69. The molecule has 0 unspecified atom stereocenters. The first-order valence-electron chi connectivity index (χ1n) is 11.1. The lowest BCUT2D eigenvalue weighted by molar-refractivity contribution is -0.117. The number of carbonyl (C=O) groups is 2.